The summed E-state index contributed by atoms with van der Waals surface area (Å²) < 4.78 is 5.17. The molecule has 3 heteroatoms. The average molecular weight is 300 g/mol. The fraction of sp³-hybridized carbons (Fsp3) is 0.571. The Labute approximate surface area is 113 Å². The first-order chi connectivity index (χ1) is 8.10. The lowest BCUT2D eigenvalue weighted by molar-refractivity contribution is 0.204. The molecule has 0 saturated heterocycles. The molecule has 96 valence electrons. The number of rotatable bonds is 6. The van der Waals surface area contributed by atoms with Gasteiger partial charge in [0.05, 0.1) is 6.61 Å². The molecule has 1 rings (SSSR count). The van der Waals surface area contributed by atoms with Crippen molar-refractivity contribution in [2.75, 3.05) is 25.2 Å². The largest absolute Gasteiger partial charge is 0.383 e. The average Bonchev–Trinajstić information content (AvgIpc) is 2.29. The van der Waals surface area contributed by atoms with Gasteiger partial charge in [-0.15, -0.1) is 0 Å². The maximum Gasteiger partial charge on any atom is 0.0637 e. The van der Waals surface area contributed by atoms with Crippen LogP contribution in [-0.4, -0.2) is 26.3 Å². The molecule has 0 radical (unpaired) electrons. The number of halogens is 1. The summed E-state index contributed by atoms with van der Waals surface area (Å²) in [5.41, 5.74) is 3.96. The summed E-state index contributed by atoms with van der Waals surface area (Å²) in [7, 11) is 1.75. The third-order valence-electron chi connectivity index (χ3n) is 2.96. The molecule has 1 aromatic carbocycles. The molecular weight excluding hydrogens is 278 g/mol. The van der Waals surface area contributed by atoms with Crippen LogP contribution in [0.3, 0.4) is 0 Å². The molecule has 0 saturated carbocycles. The van der Waals surface area contributed by atoms with Gasteiger partial charge in [0.15, 0.2) is 0 Å². The van der Waals surface area contributed by atoms with Crippen LogP contribution in [0.4, 0.5) is 5.69 Å². The molecule has 0 amide bonds. The maximum absolute atomic E-state index is 5.17. The molecule has 0 unspecified atom stereocenters. The highest BCUT2D eigenvalue weighted by Crippen LogP contribution is 2.22. The maximum atomic E-state index is 5.17. The van der Waals surface area contributed by atoms with Crippen molar-refractivity contribution in [3.63, 3.8) is 0 Å². The van der Waals surface area contributed by atoms with Crippen molar-refractivity contribution < 1.29 is 4.74 Å². The molecule has 0 aliphatic carbocycles. The van der Waals surface area contributed by atoms with Gasteiger partial charge in [0, 0.05) is 30.7 Å². The summed E-state index contributed by atoms with van der Waals surface area (Å²) in [5, 5.41) is 0.916. The number of nitrogens with zero attached hydrogens (tertiary/aromatic N) is 1. The Hall–Kier alpha value is -0.540. The van der Waals surface area contributed by atoms with E-state index >= 15 is 0 Å². The highest BCUT2D eigenvalue weighted by molar-refractivity contribution is 9.08. The quantitative estimate of drug-likeness (QED) is 0.742. The van der Waals surface area contributed by atoms with E-state index in [0.717, 1.165) is 18.5 Å². The first kappa shape index (κ1) is 14.5. The van der Waals surface area contributed by atoms with Gasteiger partial charge < -0.3 is 9.64 Å². The van der Waals surface area contributed by atoms with Gasteiger partial charge in [-0.1, -0.05) is 22.0 Å². The second-order valence-electron chi connectivity index (χ2n) is 4.52. The smallest absolute Gasteiger partial charge is 0.0637 e. The Balaban J connectivity index is 2.90. The van der Waals surface area contributed by atoms with Crippen molar-refractivity contribution in [2.45, 2.75) is 32.1 Å². The lowest BCUT2D eigenvalue weighted by Crippen LogP contribution is -2.33. The summed E-state index contributed by atoms with van der Waals surface area (Å²) in [6.45, 7) is 8.28. The summed E-state index contributed by atoms with van der Waals surface area (Å²) in [5.74, 6) is 0. The molecule has 0 fully saturated rings. The van der Waals surface area contributed by atoms with E-state index in [-0.39, 0.29) is 0 Å². The molecule has 0 heterocycles. The van der Waals surface area contributed by atoms with Crippen LogP contribution in [0.2, 0.25) is 0 Å². The Kier molecular flexibility index (Phi) is 6.00. The second kappa shape index (κ2) is 7.02. The standard InChI is InChI=1S/C14H22BrNO/c1-11(2)16(7-8-17-4)14-6-5-13(10-15)12(3)9-14/h5-6,9,11H,7-8,10H2,1-4H3. The zero-order valence-corrected chi connectivity index (χ0v) is 12.8. The number of benzene rings is 1. The van der Waals surface area contributed by atoms with Crippen molar-refractivity contribution >= 4 is 21.6 Å². The molecule has 0 aliphatic rings. The van der Waals surface area contributed by atoms with Crippen molar-refractivity contribution in [3.8, 4) is 0 Å². The molecule has 1 aromatic rings. The number of hydrogen-bond acceptors (Lipinski definition) is 2. The van der Waals surface area contributed by atoms with Gasteiger partial charge in [-0.25, -0.2) is 0 Å². The van der Waals surface area contributed by atoms with Gasteiger partial charge >= 0.3 is 0 Å². The van der Waals surface area contributed by atoms with Gasteiger partial charge in [-0.3, -0.25) is 0 Å². The molecule has 0 aromatic heterocycles. The van der Waals surface area contributed by atoms with E-state index < -0.39 is 0 Å². The Morgan fingerprint density at radius 1 is 1.35 bits per heavy atom. The predicted molar refractivity (Wildman–Crippen MR) is 78.2 cm³/mol. The number of ether oxygens (including phenoxy) is 1. The molecule has 17 heavy (non-hydrogen) atoms. The Morgan fingerprint density at radius 3 is 2.53 bits per heavy atom. The van der Waals surface area contributed by atoms with Crippen molar-refractivity contribution in [3.05, 3.63) is 29.3 Å². The molecule has 0 N–H and O–H groups in total. The third kappa shape index (κ3) is 4.00. The molecular formula is C14H22BrNO. The number of aryl methyl sites for hydroxylation is 1. The normalized spacial score (nSPS) is 10.9. The van der Waals surface area contributed by atoms with Crippen molar-refractivity contribution in [1.82, 2.24) is 0 Å². The number of hydrogen-bond donors (Lipinski definition) is 0. The van der Waals surface area contributed by atoms with Gasteiger partial charge in [0.25, 0.3) is 0 Å². The summed E-state index contributed by atoms with van der Waals surface area (Å²) in [6.07, 6.45) is 0. The van der Waals surface area contributed by atoms with Gasteiger partial charge in [-0.2, -0.15) is 0 Å². The minimum atomic E-state index is 0.486. The van der Waals surface area contributed by atoms with E-state index in [1.54, 1.807) is 7.11 Å². The monoisotopic (exact) mass is 299 g/mol. The minimum absolute atomic E-state index is 0.486. The summed E-state index contributed by atoms with van der Waals surface area (Å²) >= 11 is 3.51. The van der Waals surface area contributed by atoms with E-state index in [9.17, 15) is 0 Å². The molecule has 0 atom stereocenters. The van der Waals surface area contributed by atoms with Crippen LogP contribution in [0.15, 0.2) is 18.2 Å². The first-order valence-electron chi connectivity index (χ1n) is 6.01. The fourth-order valence-corrected chi connectivity index (χ4v) is 2.51. The van der Waals surface area contributed by atoms with Crippen LogP contribution in [0, 0.1) is 6.92 Å². The van der Waals surface area contributed by atoms with Gasteiger partial charge in [0.2, 0.25) is 0 Å². The van der Waals surface area contributed by atoms with E-state index in [2.05, 4.69) is 59.8 Å². The van der Waals surface area contributed by atoms with Crippen LogP contribution < -0.4 is 4.90 Å². The van der Waals surface area contributed by atoms with Crippen molar-refractivity contribution in [1.29, 1.82) is 0 Å². The van der Waals surface area contributed by atoms with E-state index in [1.807, 2.05) is 0 Å². The van der Waals surface area contributed by atoms with Crippen molar-refractivity contribution in [2.24, 2.45) is 0 Å². The zero-order valence-electron chi connectivity index (χ0n) is 11.2. The SMILES string of the molecule is COCCN(c1ccc(CBr)c(C)c1)C(C)C. The van der Waals surface area contributed by atoms with Gasteiger partial charge in [0.1, 0.15) is 0 Å². The topological polar surface area (TPSA) is 12.5 Å². The molecule has 0 spiro atoms. The second-order valence-corrected chi connectivity index (χ2v) is 5.09. The van der Waals surface area contributed by atoms with Crippen LogP contribution >= 0.6 is 15.9 Å². The lowest BCUT2D eigenvalue weighted by Gasteiger charge is -2.29. The van der Waals surface area contributed by atoms with E-state index in [4.69, 9.17) is 4.74 Å². The molecule has 0 aliphatic heterocycles. The van der Waals surface area contributed by atoms with Crippen LogP contribution in [0.25, 0.3) is 0 Å². The molecule has 0 bridgehead atoms. The van der Waals surface area contributed by atoms with E-state index in [1.165, 1.54) is 16.8 Å². The van der Waals surface area contributed by atoms with Gasteiger partial charge in [-0.05, 0) is 44.0 Å². The number of anilines is 1. The zero-order chi connectivity index (χ0) is 12.8. The fourth-order valence-electron chi connectivity index (χ4n) is 1.88. The lowest BCUT2D eigenvalue weighted by atomic mass is 10.1. The Bertz CT molecular complexity index is 352. The minimum Gasteiger partial charge on any atom is -0.383 e. The summed E-state index contributed by atoms with van der Waals surface area (Å²) in [6, 6.07) is 7.13. The predicted octanol–water partition coefficient (Wildman–Crippen LogP) is 3.75. The van der Waals surface area contributed by atoms with Crippen LogP contribution in [-0.2, 0) is 10.1 Å². The van der Waals surface area contributed by atoms with Crippen LogP contribution in [0.5, 0.6) is 0 Å². The summed E-state index contributed by atoms with van der Waals surface area (Å²) in [4.78, 5) is 2.37. The first-order valence-corrected chi connectivity index (χ1v) is 7.13. The van der Waals surface area contributed by atoms with E-state index in [0.29, 0.717) is 6.04 Å². The number of alkyl halides is 1. The highest BCUT2D eigenvalue weighted by atomic mass is 79.9. The number of methoxy groups -OCH3 is 1. The Morgan fingerprint density at radius 2 is 2.06 bits per heavy atom. The third-order valence-corrected chi connectivity index (χ3v) is 3.57. The highest BCUT2D eigenvalue weighted by Gasteiger charge is 2.11. The molecule has 2 nitrogen and oxygen atoms in total. The van der Waals surface area contributed by atoms with Crippen LogP contribution in [0.1, 0.15) is 25.0 Å².